The minimum atomic E-state index is 0.206. The first-order valence-corrected chi connectivity index (χ1v) is 11.5. The van der Waals surface area contributed by atoms with E-state index in [2.05, 4.69) is 48.9 Å². The van der Waals surface area contributed by atoms with E-state index in [9.17, 15) is 5.11 Å². The molecule has 1 N–H and O–H groups in total. The number of hydrogen-bond donors (Lipinski definition) is 1. The van der Waals surface area contributed by atoms with Gasteiger partial charge in [0.25, 0.3) is 0 Å². The maximum absolute atomic E-state index is 10.6. The fraction of sp³-hybridized carbons (Fsp3) is 0.276. The van der Waals surface area contributed by atoms with E-state index in [1.807, 2.05) is 37.3 Å². The molecule has 1 heterocycles. The number of anilines is 1. The Morgan fingerprint density at radius 2 is 1.76 bits per heavy atom. The fourth-order valence-corrected chi connectivity index (χ4v) is 4.06. The molecule has 5 heteroatoms. The SMILES string of the molecule is C#CCOc1ccc2c(c1)C(c1ccc(C(C)C)cc1)=NCN2Cc1ccc(OCC)cc1O. The van der Waals surface area contributed by atoms with Crippen LogP contribution in [0.1, 0.15) is 48.9 Å². The van der Waals surface area contributed by atoms with E-state index in [4.69, 9.17) is 20.9 Å². The lowest BCUT2D eigenvalue weighted by Crippen LogP contribution is -2.30. The summed E-state index contributed by atoms with van der Waals surface area (Å²) in [5.74, 6) is 4.55. The Bertz CT molecular complexity index is 1220. The highest BCUT2D eigenvalue weighted by Gasteiger charge is 2.23. The highest BCUT2D eigenvalue weighted by Crippen LogP contribution is 2.34. The molecular formula is C29H30N2O3. The maximum atomic E-state index is 10.6. The van der Waals surface area contributed by atoms with Crippen molar-refractivity contribution in [2.24, 2.45) is 4.99 Å². The van der Waals surface area contributed by atoms with Gasteiger partial charge < -0.3 is 19.5 Å². The molecule has 3 aromatic carbocycles. The molecule has 0 unspecified atom stereocenters. The molecule has 174 valence electrons. The Labute approximate surface area is 201 Å². The largest absolute Gasteiger partial charge is 0.507 e. The van der Waals surface area contributed by atoms with Crippen LogP contribution in [0.3, 0.4) is 0 Å². The van der Waals surface area contributed by atoms with E-state index in [1.165, 1.54) is 5.56 Å². The summed E-state index contributed by atoms with van der Waals surface area (Å²) in [6.45, 7) is 8.04. The summed E-state index contributed by atoms with van der Waals surface area (Å²) in [6, 6.07) is 19.9. The summed E-state index contributed by atoms with van der Waals surface area (Å²) >= 11 is 0. The first-order valence-electron chi connectivity index (χ1n) is 11.5. The number of hydrogen-bond acceptors (Lipinski definition) is 5. The van der Waals surface area contributed by atoms with Crippen molar-refractivity contribution in [3.8, 4) is 29.6 Å². The van der Waals surface area contributed by atoms with Crippen molar-refractivity contribution in [3.63, 3.8) is 0 Å². The highest BCUT2D eigenvalue weighted by atomic mass is 16.5. The zero-order valence-corrected chi connectivity index (χ0v) is 19.9. The van der Waals surface area contributed by atoms with Crippen molar-refractivity contribution in [3.05, 3.63) is 82.9 Å². The third-order valence-electron chi connectivity index (χ3n) is 5.87. The molecule has 0 spiro atoms. The zero-order valence-electron chi connectivity index (χ0n) is 19.9. The summed E-state index contributed by atoms with van der Waals surface area (Å²) in [6.07, 6.45) is 5.38. The van der Waals surface area contributed by atoms with E-state index in [0.717, 1.165) is 28.1 Å². The quantitative estimate of drug-likeness (QED) is 0.441. The van der Waals surface area contributed by atoms with Gasteiger partial charge in [0.1, 0.15) is 30.5 Å². The van der Waals surface area contributed by atoms with Crippen LogP contribution in [0, 0.1) is 12.3 Å². The standard InChI is InChI=1S/C29H30N2O3/c1-5-15-34-24-13-14-27-26(16-24)29(22-9-7-21(8-10-22)20(3)4)30-19-31(27)18-23-11-12-25(33-6-2)17-28(23)32/h1,7-14,16-17,20,32H,6,15,18-19H2,2-4H3. The number of rotatable bonds is 8. The molecule has 0 fully saturated rings. The molecule has 1 aliphatic rings. The normalized spacial score (nSPS) is 12.7. The molecule has 0 saturated heterocycles. The Balaban J connectivity index is 1.68. The molecule has 0 saturated carbocycles. The van der Waals surface area contributed by atoms with Crippen LogP contribution < -0.4 is 14.4 Å². The van der Waals surface area contributed by atoms with Gasteiger partial charge in [0.2, 0.25) is 0 Å². The van der Waals surface area contributed by atoms with Gasteiger partial charge in [-0.1, -0.05) is 44.0 Å². The van der Waals surface area contributed by atoms with E-state index in [-0.39, 0.29) is 12.4 Å². The van der Waals surface area contributed by atoms with Crippen LogP contribution in [0.25, 0.3) is 0 Å². The highest BCUT2D eigenvalue weighted by molar-refractivity contribution is 6.17. The third kappa shape index (κ3) is 5.02. The van der Waals surface area contributed by atoms with Crippen molar-refractivity contribution in [1.82, 2.24) is 0 Å². The number of phenolic OH excluding ortho intramolecular Hbond substituents is 1. The number of phenols is 1. The third-order valence-corrected chi connectivity index (χ3v) is 5.87. The summed E-state index contributed by atoms with van der Waals surface area (Å²) in [5.41, 5.74) is 6.08. The summed E-state index contributed by atoms with van der Waals surface area (Å²) in [4.78, 5) is 7.07. The fourth-order valence-electron chi connectivity index (χ4n) is 4.06. The predicted molar refractivity (Wildman–Crippen MR) is 137 cm³/mol. The lowest BCUT2D eigenvalue weighted by Gasteiger charge is -2.31. The monoisotopic (exact) mass is 454 g/mol. The lowest BCUT2D eigenvalue weighted by atomic mass is 9.95. The van der Waals surface area contributed by atoms with E-state index in [0.29, 0.717) is 37.2 Å². The van der Waals surface area contributed by atoms with Crippen LogP contribution >= 0.6 is 0 Å². The predicted octanol–water partition coefficient (Wildman–Crippen LogP) is 5.74. The average molecular weight is 455 g/mol. The molecule has 0 aliphatic carbocycles. The number of aliphatic imine (C=N–C) groups is 1. The Hall–Kier alpha value is -3.91. The van der Waals surface area contributed by atoms with Crippen LogP contribution in [0.15, 0.2) is 65.7 Å². The number of aromatic hydroxyl groups is 1. The molecule has 3 aromatic rings. The molecule has 1 aliphatic heterocycles. The minimum absolute atomic E-state index is 0.206. The molecule has 4 rings (SSSR count). The second-order valence-corrected chi connectivity index (χ2v) is 8.52. The Morgan fingerprint density at radius 3 is 2.44 bits per heavy atom. The maximum Gasteiger partial charge on any atom is 0.148 e. The second kappa shape index (κ2) is 10.4. The summed E-state index contributed by atoms with van der Waals surface area (Å²) in [7, 11) is 0. The van der Waals surface area contributed by atoms with E-state index >= 15 is 0 Å². The number of terminal acetylenes is 1. The summed E-state index contributed by atoms with van der Waals surface area (Å²) in [5, 5.41) is 10.6. The van der Waals surface area contributed by atoms with Crippen LogP contribution in [0.5, 0.6) is 17.2 Å². The molecule has 0 atom stereocenters. The van der Waals surface area contributed by atoms with Crippen molar-refractivity contribution in [1.29, 1.82) is 0 Å². The number of nitrogens with zero attached hydrogens (tertiary/aromatic N) is 2. The second-order valence-electron chi connectivity index (χ2n) is 8.52. The molecule has 5 nitrogen and oxygen atoms in total. The van der Waals surface area contributed by atoms with Crippen LogP contribution in [-0.2, 0) is 6.54 Å². The molecule has 0 amide bonds. The first-order chi connectivity index (χ1) is 16.5. The molecular weight excluding hydrogens is 424 g/mol. The lowest BCUT2D eigenvalue weighted by molar-refractivity contribution is 0.337. The van der Waals surface area contributed by atoms with Crippen LogP contribution in [0.4, 0.5) is 5.69 Å². The van der Waals surface area contributed by atoms with Gasteiger partial charge in [-0.15, -0.1) is 6.42 Å². The van der Waals surface area contributed by atoms with Crippen LogP contribution in [-0.4, -0.2) is 30.7 Å². The van der Waals surface area contributed by atoms with Crippen LogP contribution in [0.2, 0.25) is 0 Å². The van der Waals surface area contributed by atoms with Gasteiger partial charge in [-0.25, -0.2) is 0 Å². The van der Waals surface area contributed by atoms with Crippen molar-refractivity contribution in [2.75, 3.05) is 24.8 Å². The zero-order chi connectivity index (χ0) is 24.1. The topological polar surface area (TPSA) is 54.3 Å². The van der Waals surface area contributed by atoms with Gasteiger partial charge >= 0.3 is 0 Å². The van der Waals surface area contributed by atoms with Crippen molar-refractivity contribution < 1.29 is 14.6 Å². The van der Waals surface area contributed by atoms with Gasteiger partial charge in [0, 0.05) is 35.0 Å². The number of benzene rings is 3. The van der Waals surface area contributed by atoms with Gasteiger partial charge in [-0.2, -0.15) is 0 Å². The molecule has 34 heavy (non-hydrogen) atoms. The van der Waals surface area contributed by atoms with E-state index < -0.39 is 0 Å². The minimum Gasteiger partial charge on any atom is -0.507 e. The van der Waals surface area contributed by atoms with Crippen molar-refractivity contribution in [2.45, 2.75) is 33.2 Å². The van der Waals surface area contributed by atoms with Crippen molar-refractivity contribution >= 4 is 11.4 Å². The number of ether oxygens (including phenoxy) is 2. The van der Waals surface area contributed by atoms with Gasteiger partial charge in [0.05, 0.1) is 12.3 Å². The molecule has 0 radical (unpaired) electrons. The van der Waals surface area contributed by atoms with Gasteiger partial charge in [-0.05, 0) is 48.7 Å². The average Bonchev–Trinajstić information content (AvgIpc) is 2.84. The molecule has 0 aromatic heterocycles. The smallest absolute Gasteiger partial charge is 0.148 e. The Kier molecular flexibility index (Phi) is 7.08. The number of fused-ring (bicyclic) bond motifs is 1. The van der Waals surface area contributed by atoms with Gasteiger partial charge in [-0.3, -0.25) is 4.99 Å². The summed E-state index contributed by atoms with van der Waals surface area (Å²) < 4.78 is 11.2. The van der Waals surface area contributed by atoms with E-state index in [1.54, 1.807) is 6.07 Å². The molecule has 0 bridgehead atoms. The first kappa shape index (κ1) is 23.3. The Morgan fingerprint density at radius 1 is 1.03 bits per heavy atom. The van der Waals surface area contributed by atoms with Gasteiger partial charge in [0.15, 0.2) is 0 Å².